The Morgan fingerprint density at radius 2 is 2.32 bits per heavy atom. The minimum atomic E-state index is -0.258. The van der Waals surface area contributed by atoms with Crippen molar-refractivity contribution in [1.82, 2.24) is 0 Å². The van der Waals surface area contributed by atoms with Crippen molar-refractivity contribution in [3.63, 3.8) is 0 Å². The monoisotopic (exact) mass is 322 g/mol. The zero-order chi connectivity index (χ0) is 15.5. The zero-order valence-electron chi connectivity index (χ0n) is 11.7. The van der Waals surface area contributed by atoms with Gasteiger partial charge < -0.3 is 14.2 Å². The average Bonchev–Trinajstić information content (AvgIpc) is 3.02. The zero-order valence-corrected chi connectivity index (χ0v) is 12.5. The summed E-state index contributed by atoms with van der Waals surface area (Å²) in [5.74, 6) is 0.163. The van der Waals surface area contributed by atoms with Gasteiger partial charge in [-0.3, -0.25) is 9.59 Å². The molecule has 2 saturated heterocycles. The van der Waals surface area contributed by atoms with E-state index in [1.165, 1.54) is 6.08 Å². The number of hydrogen-bond donors (Lipinski definition) is 0. The van der Waals surface area contributed by atoms with Gasteiger partial charge in [0.1, 0.15) is 11.9 Å². The highest BCUT2D eigenvalue weighted by atomic mass is 35.5. The molecule has 22 heavy (non-hydrogen) atoms. The third kappa shape index (κ3) is 3.48. The Morgan fingerprint density at radius 1 is 1.45 bits per heavy atom. The predicted molar refractivity (Wildman–Crippen MR) is 78.8 cm³/mol. The lowest BCUT2D eigenvalue weighted by molar-refractivity contribution is -0.142. The lowest BCUT2D eigenvalue weighted by Gasteiger charge is -2.09. The summed E-state index contributed by atoms with van der Waals surface area (Å²) in [5, 5.41) is 0.553. The van der Waals surface area contributed by atoms with E-state index < -0.39 is 0 Å². The third-order valence-electron chi connectivity index (χ3n) is 3.69. The Hall–Kier alpha value is -1.85. The quantitative estimate of drug-likeness (QED) is 0.614. The Labute approximate surface area is 132 Å². The van der Waals surface area contributed by atoms with E-state index in [9.17, 15) is 9.59 Å². The molecule has 0 N–H and O–H groups in total. The van der Waals surface area contributed by atoms with E-state index in [1.807, 2.05) is 0 Å². The summed E-state index contributed by atoms with van der Waals surface area (Å²) in [4.78, 5) is 23.0. The summed E-state index contributed by atoms with van der Waals surface area (Å²) in [5.41, 5.74) is 0. The molecule has 0 aliphatic carbocycles. The Morgan fingerprint density at radius 3 is 3.14 bits per heavy atom. The first-order valence-electron chi connectivity index (χ1n) is 7.02. The van der Waals surface area contributed by atoms with Crippen molar-refractivity contribution >= 4 is 23.4 Å². The number of ether oxygens (including phenoxy) is 3. The van der Waals surface area contributed by atoms with Crippen LogP contribution in [-0.4, -0.2) is 37.2 Å². The molecular formula is C16H15ClO5. The second kappa shape index (κ2) is 6.50. The van der Waals surface area contributed by atoms with Crippen LogP contribution in [0.2, 0.25) is 5.02 Å². The first-order valence-corrected chi connectivity index (χ1v) is 7.40. The molecule has 2 fully saturated rings. The molecule has 3 atom stereocenters. The average molecular weight is 323 g/mol. The molecule has 0 saturated carbocycles. The highest BCUT2D eigenvalue weighted by molar-refractivity contribution is 6.30. The molecule has 3 rings (SSSR count). The van der Waals surface area contributed by atoms with Gasteiger partial charge in [0.2, 0.25) is 0 Å². The SMILES string of the molecule is O=C(/C=C/[C@H]1OC[C@@H]2OC(=O)C[C@@H]21)COc1cccc(Cl)c1. The number of esters is 1. The van der Waals surface area contributed by atoms with Crippen molar-refractivity contribution in [2.75, 3.05) is 13.2 Å². The third-order valence-corrected chi connectivity index (χ3v) is 3.92. The van der Waals surface area contributed by atoms with Crippen LogP contribution in [0.1, 0.15) is 6.42 Å². The lowest BCUT2D eigenvalue weighted by Crippen LogP contribution is -2.18. The highest BCUT2D eigenvalue weighted by Crippen LogP contribution is 2.33. The number of carbonyl (C=O) groups is 2. The highest BCUT2D eigenvalue weighted by Gasteiger charge is 2.44. The summed E-state index contributed by atoms with van der Waals surface area (Å²) in [6.45, 7) is 0.311. The molecule has 2 aliphatic heterocycles. The second-order valence-corrected chi connectivity index (χ2v) is 5.70. The maximum atomic E-state index is 11.8. The predicted octanol–water partition coefficient (Wildman–Crippen LogP) is 2.17. The van der Waals surface area contributed by atoms with Gasteiger partial charge in [-0.05, 0) is 24.3 Å². The fourth-order valence-electron chi connectivity index (χ4n) is 2.60. The van der Waals surface area contributed by atoms with Gasteiger partial charge in [0, 0.05) is 10.9 Å². The van der Waals surface area contributed by atoms with E-state index in [0.717, 1.165) is 0 Å². The fourth-order valence-corrected chi connectivity index (χ4v) is 2.78. The number of benzene rings is 1. The van der Waals surface area contributed by atoms with Crippen LogP contribution in [0.3, 0.4) is 0 Å². The number of halogens is 1. The smallest absolute Gasteiger partial charge is 0.306 e. The van der Waals surface area contributed by atoms with Crippen LogP contribution in [0.5, 0.6) is 5.75 Å². The largest absolute Gasteiger partial charge is 0.485 e. The Kier molecular flexibility index (Phi) is 4.45. The van der Waals surface area contributed by atoms with Crippen molar-refractivity contribution in [3.05, 3.63) is 41.4 Å². The van der Waals surface area contributed by atoms with E-state index >= 15 is 0 Å². The van der Waals surface area contributed by atoms with Crippen LogP contribution < -0.4 is 4.74 Å². The van der Waals surface area contributed by atoms with Gasteiger partial charge in [0.05, 0.1) is 19.1 Å². The van der Waals surface area contributed by atoms with Gasteiger partial charge in [0.15, 0.2) is 12.4 Å². The van der Waals surface area contributed by atoms with Gasteiger partial charge in [-0.2, -0.15) is 0 Å². The maximum absolute atomic E-state index is 11.8. The molecule has 2 aliphatic rings. The molecule has 0 amide bonds. The van der Waals surface area contributed by atoms with Crippen molar-refractivity contribution in [2.24, 2.45) is 5.92 Å². The summed E-state index contributed by atoms with van der Waals surface area (Å²) >= 11 is 5.84. The van der Waals surface area contributed by atoms with Crippen LogP contribution in [0.4, 0.5) is 0 Å². The Bertz CT molecular complexity index is 612. The number of carbonyl (C=O) groups excluding carboxylic acids is 2. The molecule has 116 valence electrons. The van der Waals surface area contributed by atoms with Gasteiger partial charge in [-0.1, -0.05) is 23.7 Å². The Balaban J connectivity index is 1.50. The summed E-state index contributed by atoms with van der Waals surface area (Å²) < 4.78 is 16.0. The molecule has 1 aromatic carbocycles. The minimum absolute atomic E-state index is 0.00500. The second-order valence-electron chi connectivity index (χ2n) is 5.27. The maximum Gasteiger partial charge on any atom is 0.306 e. The van der Waals surface area contributed by atoms with E-state index in [2.05, 4.69) is 0 Å². The molecular weight excluding hydrogens is 308 g/mol. The van der Waals surface area contributed by atoms with Crippen LogP contribution >= 0.6 is 11.6 Å². The number of rotatable bonds is 5. The first-order chi connectivity index (χ1) is 10.6. The molecule has 0 aromatic heterocycles. The molecule has 5 nitrogen and oxygen atoms in total. The van der Waals surface area contributed by atoms with Crippen LogP contribution in [-0.2, 0) is 19.1 Å². The van der Waals surface area contributed by atoms with E-state index in [4.69, 9.17) is 25.8 Å². The van der Waals surface area contributed by atoms with Gasteiger partial charge in [-0.15, -0.1) is 0 Å². The van der Waals surface area contributed by atoms with Crippen LogP contribution in [0.15, 0.2) is 36.4 Å². The fraction of sp³-hybridized carbons (Fsp3) is 0.375. The summed E-state index contributed by atoms with van der Waals surface area (Å²) in [7, 11) is 0. The molecule has 0 spiro atoms. The van der Waals surface area contributed by atoms with Crippen molar-refractivity contribution in [2.45, 2.75) is 18.6 Å². The first kappa shape index (κ1) is 15.1. The molecule has 6 heteroatoms. The number of fused-ring (bicyclic) bond motifs is 1. The molecule has 0 bridgehead atoms. The summed E-state index contributed by atoms with van der Waals surface area (Å²) in [6.07, 6.45) is 3.01. The molecule has 0 unspecified atom stereocenters. The van der Waals surface area contributed by atoms with Crippen molar-refractivity contribution in [3.8, 4) is 5.75 Å². The molecule has 2 heterocycles. The van der Waals surface area contributed by atoms with Gasteiger partial charge in [0.25, 0.3) is 0 Å². The standard InChI is InChI=1S/C16H15ClO5/c17-10-2-1-3-12(6-10)20-8-11(18)4-5-14-13-7-16(19)22-15(13)9-21-14/h1-6,13-15H,7-9H2/b5-4+/t13-,14-,15+/m1/s1. The van der Waals surface area contributed by atoms with E-state index in [-0.39, 0.29) is 36.5 Å². The van der Waals surface area contributed by atoms with Crippen molar-refractivity contribution in [1.29, 1.82) is 0 Å². The summed E-state index contributed by atoms with van der Waals surface area (Å²) in [6, 6.07) is 6.86. The minimum Gasteiger partial charge on any atom is -0.485 e. The molecule has 1 aromatic rings. The van der Waals surface area contributed by atoms with E-state index in [1.54, 1.807) is 30.3 Å². The number of hydrogen-bond acceptors (Lipinski definition) is 5. The molecule has 0 radical (unpaired) electrons. The van der Waals surface area contributed by atoms with Gasteiger partial charge >= 0.3 is 5.97 Å². The lowest BCUT2D eigenvalue weighted by atomic mass is 9.97. The van der Waals surface area contributed by atoms with Gasteiger partial charge in [-0.25, -0.2) is 0 Å². The topological polar surface area (TPSA) is 61.8 Å². The normalized spacial score (nSPS) is 27.0. The number of ketones is 1. The van der Waals surface area contributed by atoms with Crippen LogP contribution in [0, 0.1) is 5.92 Å². The van der Waals surface area contributed by atoms with E-state index in [0.29, 0.717) is 23.8 Å². The van der Waals surface area contributed by atoms with Crippen LogP contribution in [0.25, 0.3) is 0 Å². The van der Waals surface area contributed by atoms with Crippen molar-refractivity contribution < 1.29 is 23.8 Å².